The molecule has 3 rings (SSSR count). The molecule has 2 aromatic heterocycles. The van der Waals surface area contributed by atoms with Gasteiger partial charge in [0.25, 0.3) is 5.89 Å². The first-order chi connectivity index (χ1) is 13.6. The van der Waals surface area contributed by atoms with Gasteiger partial charge in [0, 0.05) is 11.8 Å². The number of rotatable bonds is 9. The molecule has 8 heteroatoms. The zero-order valence-electron chi connectivity index (χ0n) is 15.8. The first kappa shape index (κ1) is 20.5. The number of aromatic nitrogens is 2. The van der Waals surface area contributed by atoms with E-state index in [0.29, 0.717) is 30.6 Å². The molecule has 2 heterocycles. The molecule has 0 N–H and O–H groups in total. The predicted molar refractivity (Wildman–Crippen MR) is 111 cm³/mol. The summed E-state index contributed by atoms with van der Waals surface area (Å²) < 4.78 is 18.8. The molecule has 148 valence electrons. The lowest BCUT2D eigenvalue weighted by Crippen LogP contribution is -2.33. The number of thioether (sulfide) groups is 1. The van der Waals surface area contributed by atoms with Crippen LogP contribution in [0.25, 0.3) is 10.8 Å². The number of amides is 1. The van der Waals surface area contributed by atoms with Gasteiger partial charge < -0.3 is 9.32 Å². The fourth-order valence-corrected chi connectivity index (χ4v) is 4.23. The molecular weight excluding hydrogens is 397 g/mol. The van der Waals surface area contributed by atoms with Gasteiger partial charge in [-0.2, -0.15) is 0 Å². The Labute approximate surface area is 172 Å². The molecule has 0 aliphatic carbocycles. The van der Waals surface area contributed by atoms with Crippen molar-refractivity contribution in [3.63, 3.8) is 0 Å². The van der Waals surface area contributed by atoms with Crippen LogP contribution < -0.4 is 0 Å². The van der Waals surface area contributed by atoms with Crippen molar-refractivity contribution in [3.05, 3.63) is 59.0 Å². The second kappa shape index (κ2) is 9.84. The molecule has 1 unspecified atom stereocenters. The third kappa shape index (κ3) is 5.42. The van der Waals surface area contributed by atoms with Gasteiger partial charge in [0.2, 0.25) is 11.8 Å². The first-order valence-electron chi connectivity index (χ1n) is 9.08. The van der Waals surface area contributed by atoms with Crippen LogP contribution in [0.2, 0.25) is 0 Å². The first-order valence-corrected chi connectivity index (χ1v) is 11.0. The van der Waals surface area contributed by atoms with Crippen molar-refractivity contribution in [3.8, 4) is 10.8 Å². The van der Waals surface area contributed by atoms with Crippen molar-refractivity contribution >= 4 is 29.0 Å². The maximum absolute atomic E-state index is 13.1. The Morgan fingerprint density at radius 2 is 2.07 bits per heavy atom. The van der Waals surface area contributed by atoms with Crippen LogP contribution in [0.5, 0.6) is 0 Å². The quantitative estimate of drug-likeness (QED) is 0.479. The van der Waals surface area contributed by atoms with Crippen LogP contribution in [0, 0.1) is 5.82 Å². The Morgan fingerprint density at radius 3 is 2.75 bits per heavy atom. The minimum Gasteiger partial charge on any atom is -0.418 e. The summed E-state index contributed by atoms with van der Waals surface area (Å²) in [6.45, 7) is 4.97. The van der Waals surface area contributed by atoms with Crippen molar-refractivity contribution in [1.82, 2.24) is 15.1 Å². The van der Waals surface area contributed by atoms with E-state index in [2.05, 4.69) is 10.2 Å². The highest BCUT2D eigenvalue weighted by Gasteiger charge is 2.19. The van der Waals surface area contributed by atoms with Crippen LogP contribution in [0.1, 0.15) is 37.0 Å². The average Bonchev–Trinajstić information content (AvgIpc) is 3.37. The highest BCUT2D eigenvalue weighted by Crippen LogP contribution is 2.28. The summed E-state index contributed by atoms with van der Waals surface area (Å²) >= 11 is 3.06. The maximum atomic E-state index is 13.1. The number of hydrogen-bond donors (Lipinski definition) is 0. The summed E-state index contributed by atoms with van der Waals surface area (Å²) in [6, 6.07) is 10.2. The molecule has 0 radical (unpaired) electrons. The van der Waals surface area contributed by atoms with Gasteiger partial charge in [0.15, 0.2) is 0 Å². The molecule has 0 spiro atoms. The van der Waals surface area contributed by atoms with E-state index < -0.39 is 0 Å². The van der Waals surface area contributed by atoms with Crippen LogP contribution in [-0.2, 0) is 11.3 Å². The largest absolute Gasteiger partial charge is 0.418 e. The van der Waals surface area contributed by atoms with E-state index in [1.807, 2.05) is 31.4 Å². The van der Waals surface area contributed by atoms with Crippen LogP contribution >= 0.6 is 23.1 Å². The molecule has 3 aromatic rings. The minimum atomic E-state index is -0.257. The second-order valence-corrected chi connectivity index (χ2v) is 8.58. The van der Waals surface area contributed by atoms with Crippen LogP contribution in [0.4, 0.5) is 4.39 Å². The van der Waals surface area contributed by atoms with E-state index in [0.717, 1.165) is 16.9 Å². The fourth-order valence-electron chi connectivity index (χ4n) is 2.66. The normalized spacial score (nSPS) is 12.1. The van der Waals surface area contributed by atoms with Crippen molar-refractivity contribution in [2.75, 3.05) is 12.3 Å². The highest BCUT2D eigenvalue weighted by atomic mass is 32.2. The lowest BCUT2D eigenvalue weighted by molar-refractivity contribution is -0.129. The zero-order chi connectivity index (χ0) is 19.9. The monoisotopic (exact) mass is 419 g/mol. The number of benzene rings is 1. The summed E-state index contributed by atoms with van der Waals surface area (Å²) in [5.74, 6) is 1.02. The van der Waals surface area contributed by atoms with Gasteiger partial charge in [-0.25, -0.2) is 4.39 Å². The number of halogens is 1. The molecule has 0 aliphatic rings. The molecule has 1 aromatic carbocycles. The van der Waals surface area contributed by atoms with E-state index in [9.17, 15) is 9.18 Å². The molecular formula is C20H22FN3O2S2. The number of carbonyl (C=O) groups is 1. The lowest BCUT2D eigenvalue weighted by atomic mass is 10.2. The molecule has 1 atom stereocenters. The summed E-state index contributed by atoms with van der Waals surface area (Å²) in [5.41, 5.74) is 0.999. The summed E-state index contributed by atoms with van der Waals surface area (Å²) in [6.07, 6.45) is 0.843. The molecule has 1 amide bonds. The average molecular weight is 420 g/mol. The lowest BCUT2D eigenvalue weighted by Gasteiger charge is -2.21. The molecule has 28 heavy (non-hydrogen) atoms. The number of carbonyl (C=O) groups excluding carboxylic acids is 1. The van der Waals surface area contributed by atoms with E-state index in [1.165, 1.54) is 35.2 Å². The topological polar surface area (TPSA) is 59.2 Å². The number of nitrogens with zero attached hydrogens (tertiary/aromatic N) is 3. The summed E-state index contributed by atoms with van der Waals surface area (Å²) in [5, 5.41) is 10.2. The molecule has 0 saturated heterocycles. The standard InChI is InChI=1S/C20H22FN3O2S2/c1-3-10-24(12-18-22-23-20(26-18)17-5-4-11-27-17)19(25)13-28-14(2)15-6-8-16(21)9-7-15/h4-9,11,14H,3,10,12-13H2,1-2H3. The van der Waals surface area contributed by atoms with Gasteiger partial charge in [-0.1, -0.05) is 25.1 Å². The van der Waals surface area contributed by atoms with Crippen LogP contribution in [0.15, 0.2) is 46.2 Å². The summed E-state index contributed by atoms with van der Waals surface area (Å²) in [7, 11) is 0. The van der Waals surface area contributed by atoms with Gasteiger partial charge in [-0.15, -0.1) is 33.3 Å². The molecule has 0 bridgehead atoms. The second-order valence-electron chi connectivity index (χ2n) is 6.30. The number of thiophene rings is 1. The van der Waals surface area contributed by atoms with Gasteiger partial charge in [-0.3, -0.25) is 4.79 Å². The maximum Gasteiger partial charge on any atom is 0.257 e. The molecule has 0 saturated carbocycles. The highest BCUT2D eigenvalue weighted by molar-refractivity contribution is 8.00. The Bertz CT molecular complexity index is 881. The van der Waals surface area contributed by atoms with Crippen molar-refractivity contribution in [2.45, 2.75) is 32.1 Å². The van der Waals surface area contributed by atoms with Gasteiger partial charge in [0.05, 0.1) is 17.2 Å². The van der Waals surface area contributed by atoms with E-state index >= 15 is 0 Å². The van der Waals surface area contributed by atoms with Gasteiger partial charge in [0.1, 0.15) is 5.82 Å². The van der Waals surface area contributed by atoms with Gasteiger partial charge >= 0.3 is 0 Å². The van der Waals surface area contributed by atoms with Crippen molar-refractivity contribution in [2.24, 2.45) is 0 Å². The summed E-state index contributed by atoms with van der Waals surface area (Å²) in [4.78, 5) is 15.4. The fraction of sp³-hybridized carbons (Fsp3) is 0.350. The molecule has 0 fully saturated rings. The van der Waals surface area contributed by atoms with Crippen LogP contribution in [0.3, 0.4) is 0 Å². The predicted octanol–water partition coefficient (Wildman–Crippen LogP) is 5.17. The Morgan fingerprint density at radius 1 is 1.29 bits per heavy atom. The smallest absolute Gasteiger partial charge is 0.257 e. The van der Waals surface area contributed by atoms with Crippen LogP contribution in [-0.4, -0.2) is 33.3 Å². The Hall–Kier alpha value is -2.19. The van der Waals surface area contributed by atoms with E-state index in [-0.39, 0.29) is 17.0 Å². The molecule has 5 nitrogen and oxygen atoms in total. The Balaban J connectivity index is 1.58. The Kier molecular flexibility index (Phi) is 7.22. The molecule has 0 aliphatic heterocycles. The minimum absolute atomic E-state index is 0.0247. The third-order valence-electron chi connectivity index (χ3n) is 4.17. The zero-order valence-corrected chi connectivity index (χ0v) is 17.4. The van der Waals surface area contributed by atoms with Crippen molar-refractivity contribution < 1.29 is 13.6 Å². The van der Waals surface area contributed by atoms with Crippen molar-refractivity contribution in [1.29, 1.82) is 0 Å². The SMILES string of the molecule is CCCN(Cc1nnc(-c2cccs2)o1)C(=O)CSC(C)c1ccc(F)cc1. The third-order valence-corrected chi connectivity index (χ3v) is 6.21. The van der Waals surface area contributed by atoms with E-state index in [4.69, 9.17) is 4.42 Å². The number of hydrogen-bond acceptors (Lipinski definition) is 6. The van der Waals surface area contributed by atoms with Gasteiger partial charge in [-0.05, 0) is 42.5 Å². The van der Waals surface area contributed by atoms with E-state index in [1.54, 1.807) is 17.0 Å².